The molecule has 152 valence electrons. The number of nitrogens with zero attached hydrogens (tertiary/aromatic N) is 4. The summed E-state index contributed by atoms with van der Waals surface area (Å²) in [6.45, 7) is 3.60. The van der Waals surface area contributed by atoms with Gasteiger partial charge in [0.2, 0.25) is 11.7 Å². The lowest BCUT2D eigenvalue weighted by Gasteiger charge is -2.29. The third-order valence-electron chi connectivity index (χ3n) is 5.96. The quantitative estimate of drug-likeness (QED) is 0.690. The topological polar surface area (TPSA) is 76.3 Å². The molecule has 3 heterocycles. The predicted octanol–water partition coefficient (Wildman–Crippen LogP) is 3.91. The van der Waals surface area contributed by atoms with Crippen molar-refractivity contribution in [2.24, 2.45) is 5.92 Å². The minimum absolute atomic E-state index is 0.254. The number of pyridine rings is 1. The van der Waals surface area contributed by atoms with Crippen molar-refractivity contribution >= 4 is 5.82 Å². The maximum absolute atomic E-state index is 5.72. The molecule has 28 heavy (non-hydrogen) atoms. The molecule has 1 unspecified atom stereocenters. The summed E-state index contributed by atoms with van der Waals surface area (Å²) in [5.41, 5.74) is 0.866. The van der Waals surface area contributed by atoms with Crippen LogP contribution in [-0.4, -0.2) is 53.4 Å². The van der Waals surface area contributed by atoms with E-state index in [9.17, 15) is 0 Å². The second-order valence-electron chi connectivity index (χ2n) is 7.93. The Morgan fingerprint density at radius 3 is 2.96 bits per heavy atom. The van der Waals surface area contributed by atoms with Gasteiger partial charge < -0.3 is 14.6 Å². The van der Waals surface area contributed by atoms with Crippen LogP contribution in [0.3, 0.4) is 0 Å². The van der Waals surface area contributed by atoms with Gasteiger partial charge in [0.1, 0.15) is 5.82 Å². The molecule has 0 bridgehead atoms. The molecule has 4 rings (SSSR count). The fourth-order valence-electron chi connectivity index (χ4n) is 4.50. The largest absolute Gasteiger partial charge is 0.383 e. The average molecular weight is 386 g/mol. The average Bonchev–Trinajstić information content (AvgIpc) is 3.39. The van der Waals surface area contributed by atoms with Crippen LogP contribution < -0.4 is 5.32 Å². The Balaban J connectivity index is 1.46. The van der Waals surface area contributed by atoms with Crippen molar-refractivity contribution < 1.29 is 9.26 Å². The van der Waals surface area contributed by atoms with Gasteiger partial charge in [-0.15, -0.1) is 0 Å². The van der Waals surface area contributed by atoms with Crippen LogP contribution in [0.15, 0.2) is 22.9 Å². The lowest BCUT2D eigenvalue weighted by Crippen LogP contribution is -2.30. The van der Waals surface area contributed by atoms with Crippen LogP contribution in [0, 0.1) is 5.92 Å². The second kappa shape index (κ2) is 9.47. The fraction of sp³-hybridized carbons (Fsp3) is 0.667. The van der Waals surface area contributed by atoms with Gasteiger partial charge in [-0.2, -0.15) is 4.98 Å². The highest BCUT2D eigenvalue weighted by atomic mass is 16.5. The van der Waals surface area contributed by atoms with E-state index in [1.807, 2.05) is 12.1 Å². The summed E-state index contributed by atoms with van der Waals surface area (Å²) in [6, 6.07) is 4.13. The Morgan fingerprint density at radius 1 is 1.21 bits per heavy atom. The van der Waals surface area contributed by atoms with Crippen molar-refractivity contribution in [1.82, 2.24) is 20.0 Å². The van der Waals surface area contributed by atoms with Gasteiger partial charge in [0.25, 0.3) is 0 Å². The lowest BCUT2D eigenvalue weighted by molar-refractivity contribution is 0.163. The van der Waals surface area contributed by atoms with Crippen LogP contribution >= 0.6 is 0 Å². The first-order valence-electron chi connectivity index (χ1n) is 10.6. The molecule has 2 aromatic heterocycles. The minimum atomic E-state index is 0.254. The van der Waals surface area contributed by atoms with Crippen LogP contribution in [-0.2, 0) is 4.74 Å². The van der Waals surface area contributed by atoms with Crippen molar-refractivity contribution in [3.8, 4) is 11.4 Å². The zero-order chi connectivity index (χ0) is 19.2. The molecule has 1 N–H and O–H groups in total. The molecule has 0 spiro atoms. The van der Waals surface area contributed by atoms with Crippen molar-refractivity contribution in [2.45, 2.75) is 51.0 Å². The number of rotatable bonds is 8. The van der Waals surface area contributed by atoms with Gasteiger partial charge in [0.05, 0.1) is 18.2 Å². The Bertz CT molecular complexity index is 744. The third-order valence-corrected chi connectivity index (χ3v) is 5.96. The van der Waals surface area contributed by atoms with E-state index in [0.29, 0.717) is 19.0 Å². The van der Waals surface area contributed by atoms with E-state index in [4.69, 9.17) is 14.2 Å². The van der Waals surface area contributed by atoms with E-state index in [0.717, 1.165) is 36.2 Å². The van der Waals surface area contributed by atoms with E-state index in [-0.39, 0.29) is 6.04 Å². The summed E-state index contributed by atoms with van der Waals surface area (Å²) in [5, 5.41) is 7.56. The smallest absolute Gasteiger partial charge is 0.244 e. The van der Waals surface area contributed by atoms with E-state index in [1.165, 1.54) is 45.1 Å². The standard InChI is InChI=1S/C21H31N5O2/c1-27-14-12-23-19-17(9-5-11-22-19)20-24-21(28-25-20)18-10-6-13-26(18)15-16-7-3-2-4-8-16/h5,9,11,16,18H,2-4,6-8,10,12-15H2,1H3,(H,22,23). The summed E-state index contributed by atoms with van der Waals surface area (Å²) < 4.78 is 10.8. The van der Waals surface area contributed by atoms with E-state index in [1.54, 1.807) is 13.3 Å². The highest BCUT2D eigenvalue weighted by Gasteiger charge is 2.32. The van der Waals surface area contributed by atoms with Crippen LogP contribution in [0.4, 0.5) is 5.82 Å². The molecule has 1 atom stereocenters. The number of nitrogens with one attached hydrogen (secondary N) is 1. The highest BCUT2D eigenvalue weighted by molar-refractivity contribution is 5.69. The van der Waals surface area contributed by atoms with Gasteiger partial charge in [-0.05, 0) is 50.3 Å². The molecule has 0 amide bonds. The Hall–Kier alpha value is -1.99. The van der Waals surface area contributed by atoms with E-state index in [2.05, 4.69) is 20.4 Å². The Kier molecular flexibility index (Phi) is 6.54. The number of methoxy groups -OCH3 is 1. The summed E-state index contributed by atoms with van der Waals surface area (Å²) in [7, 11) is 1.69. The third kappa shape index (κ3) is 4.52. The number of ether oxygens (including phenoxy) is 1. The van der Waals surface area contributed by atoms with Crippen LogP contribution in [0.25, 0.3) is 11.4 Å². The molecule has 2 aromatic rings. The summed E-state index contributed by atoms with van der Waals surface area (Å²) >= 11 is 0. The second-order valence-corrected chi connectivity index (χ2v) is 7.93. The molecule has 1 aliphatic carbocycles. The van der Waals surface area contributed by atoms with Crippen molar-refractivity contribution in [2.75, 3.05) is 38.7 Å². The van der Waals surface area contributed by atoms with Gasteiger partial charge in [-0.1, -0.05) is 24.4 Å². The number of hydrogen-bond acceptors (Lipinski definition) is 7. The SMILES string of the molecule is COCCNc1ncccc1-c1noc(C2CCCN2CC2CCCCC2)n1. The van der Waals surface area contributed by atoms with Gasteiger partial charge in [-0.3, -0.25) is 4.90 Å². The molecule has 7 nitrogen and oxygen atoms in total. The van der Waals surface area contributed by atoms with Crippen molar-refractivity contribution in [1.29, 1.82) is 0 Å². The molecule has 2 fully saturated rings. The number of aromatic nitrogens is 3. The van der Waals surface area contributed by atoms with E-state index >= 15 is 0 Å². The lowest BCUT2D eigenvalue weighted by atomic mass is 9.89. The highest BCUT2D eigenvalue weighted by Crippen LogP contribution is 2.35. The van der Waals surface area contributed by atoms with Crippen molar-refractivity contribution in [3.05, 3.63) is 24.2 Å². The number of likely N-dealkylation sites (tertiary alicyclic amines) is 1. The first-order valence-corrected chi connectivity index (χ1v) is 10.6. The number of anilines is 1. The molecule has 2 aliphatic rings. The molecule has 0 radical (unpaired) electrons. The zero-order valence-electron chi connectivity index (χ0n) is 16.8. The van der Waals surface area contributed by atoms with Gasteiger partial charge >= 0.3 is 0 Å². The molecule has 0 aromatic carbocycles. The Morgan fingerprint density at radius 2 is 2.11 bits per heavy atom. The zero-order valence-corrected chi connectivity index (χ0v) is 16.8. The summed E-state index contributed by atoms with van der Waals surface area (Å²) in [5.74, 6) is 2.94. The Labute approximate surface area is 166 Å². The number of hydrogen-bond donors (Lipinski definition) is 1. The fourth-order valence-corrected chi connectivity index (χ4v) is 4.50. The van der Waals surface area contributed by atoms with E-state index < -0.39 is 0 Å². The monoisotopic (exact) mass is 385 g/mol. The van der Waals surface area contributed by atoms with Crippen LogP contribution in [0.2, 0.25) is 0 Å². The molecular formula is C21H31N5O2. The first kappa shape index (κ1) is 19.3. The minimum Gasteiger partial charge on any atom is -0.383 e. The normalized spacial score (nSPS) is 21.2. The molecule has 1 saturated carbocycles. The van der Waals surface area contributed by atoms with Gasteiger partial charge in [0, 0.05) is 26.4 Å². The first-order chi connectivity index (χ1) is 13.8. The van der Waals surface area contributed by atoms with Crippen molar-refractivity contribution in [3.63, 3.8) is 0 Å². The van der Waals surface area contributed by atoms with Crippen LogP contribution in [0.5, 0.6) is 0 Å². The molecule has 7 heteroatoms. The predicted molar refractivity (Wildman–Crippen MR) is 108 cm³/mol. The maximum atomic E-state index is 5.72. The van der Waals surface area contributed by atoms with Gasteiger partial charge in [0.15, 0.2) is 0 Å². The van der Waals surface area contributed by atoms with Crippen LogP contribution in [0.1, 0.15) is 56.9 Å². The van der Waals surface area contributed by atoms with Gasteiger partial charge in [-0.25, -0.2) is 4.98 Å². The maximum Gasteiger partial charge on any atom is 0.244 e. The summed E-state index contributed by atoms with van der Waals surface area (Å²) in [6.07, 6.45) is 11.0. The molecule has 1 aliphatic heterocycles. The molecular weight excluding hydrogens is 354 g/mol. The summed E-state index contributed by atoms with van der Waals surface area (Å²) in [4.78, 5) is 11.8. The molecule has 1 saturated heterocycles.